The van der Waals surface area contributed by atoms with Gasteiger partial charge in [0.1, 0.15) is 5.76 Å². The first kappa shape index (κ1) is 15.4. The molecule has 6 heteroatoms. The number of cyclic esters (lactones) is 1. The molecule has 5 nitrogen and oxygen atoms in total. The summed E-state index contributed by atoms with van der Waals surface area (Å²) < 4.78 is 21.8. The Kier molecular flexibility index (Phi) is 5.57. The SMILES string of the molecule is CCOP(OCC)C(C)C1=CC(=O)OC(C)(C)O1. The number of hydrogen-bond acceptors (Lipinski definition) is 5. The van der Waals surface area contributed by atoms with Crippen LogP contribution in [0, 0.1) is 0 Å². The highest BCUT2D eigenvalue weighted by Gasteiger charge is 2.35. The molecule has 104 valence electrons. The van der Waals surface area contributed by atoms with Crippen LogP contribution in [0.25, 0.3) is 0 Å². The fourth-order valence-corrected chi connectivity index (χ4v) is 2.91. The molecule has 1 heterocycles. The Morgan fingerprint density at radius 3 is 2.28 bits per heavy atom. The van der Waals surface area contributed by atoms with Crippen LogP contribution in [0.3, 0.4) is 0 Å². The smallest absolute Gasteiger partial charge is 0.337 e. The summed E-state index contributed by atoms with van der Waals surface area (Å²) >= 11 is 0. The van der Waals surface area contributed by atoms with Crippen molar-refractivity contribution in [1.82, 2.24) is 0 Å². The lowest BCUT2D eigenvalue weighted by molar-refractivity contribution is -0.205. The molecule has 1 atom stereocenters. The molecule has 0 spiro atoms. The number of carbonyl (C=O) groups excluding carboxylic acids is 1. The first-order valence-corrected chi connectivity index (χ1v) is 7.33. The molecule has 1 aliphatic heterocycles. The summed E-state index contributed by atoms with van der Waals surface area (Å²) in [6, 6.07) is 0. The van der Waals surface area contributed by atoms with E-state index >= 15 is 0 Å². The molecular formula is C12H21O5P. The molecule has 0 fully saturated rings. The van der Waals surface area contributed by atoms with Crippen molar-refractivity contribution in [1.29, 1.82) is 0 Å². The summed E-state index contributed by atoms with van der Waals surface area (Å²) in [5, 5.41) is 0. The summed E-state index contributed by atoms with van der Waals surface area (Å²) in [6.45, 7) is 10.3. The van der Waals surface area contributed by atoms with E-state index in [1.807, 2.05) is 20.8 Å². The minimum Gasteiger partial charge on any atom is -0.456 e. The topological polar surface area (TPSA) is 54.0 Å². The van der Waals surface area contributed by atoms with Gasteiger partial charge in [-0.2, -0.15) is 0 Å². The lowest BCUT2D eigenvalue weighted by Gasteiger charge is -2.34. The fraction of sp³-hybridized carbons (Fsp3) is 0.750. The van der Waals surface area contributed by atoms with Crippen molar-refractivity contribution in [3.8, 4) is 0 Å². The molecule has 0 aromatic carbocycles. The molecule has 1 rings (SSSR count). The van der Waals surface area contributed by atoms with Crippen LogP contribution in [0.15, 0.2) is 11.8 Å². The van der Waals surface area contributed by atoms with Crippen LogP contribution in [0.1, 0.15) is 34.6 Å². The molecule has 0 saturated carbocycles. The summed E-state index contributed by atoms with van der Waals surface area (Å²) in [5.74, 6) is -0.769. The van der Waals surface area contributed by atoms with E-state index in [2.05, 4.69) is 0 Å². The Bertz CT molecular complexity index is 320. The minimum absolute atomic E-state index is 0.105. The summed E-state index contributed by atoms with van der Waals surface area (Å²) in [4.78, 5) is 11.5. The van der Waals surface area contributed by atoms with E-state index < -0.39 is 20.1 Å². The Hall–Kier alpha value is -0.640. The number of esters is 1. The van der Waals surface area contributed by atoms with Gasteiger partial charge in [0.2, 0.25) is 5.79 Å². The average molecular weight is 276 g/mol. The molecule has 0 N–H and O–H groups in total. The van der Waals surface area contributed by atoms with Crippen molar-refractivity contribution < 1.29 is 23.3 Å². The summed E-state index contributed by atoms with van der Waals surface area (Å²) in [6.07, 6.45) is 1.36. The third-order valence-corrected chi connectivity index (χ3v) is 4.12. The highest BCUT2D eigenvalue weighted by atomic mass is 31.2. The van der Waals surface area contributed by atoms with Crippen LogP contribution in [0.4, 0.5) is 0 Å². The van der Waals surface area contributed by atoms with Crippen LogP contribution in [0.2, 0.25) is 0 Å². The van der Waals surface area contributed by atoms with Gasteiger partial charge < -0.3 is 18.5 Å². The monoisotopic (exact) mass is 276 g/mol. The number of allylic oxidation sites excluding steroid dienone is 1. The van der Waals surface area contributed by atoms with Gasteiger partial charge in [-0.05, 0) is 20.8 Å². The van der Waals surface area contributed by atoms with E-state index in [1.54, 1.807) is 13.8 Å². The van der Waals surface area contributed by atoms with E-state index in [0.29, 0.717) is 19.0 Å². The van der Waals surface area contributed by atoms with Gasteiger partial charge in [0.05, 0.1) is 24.9 Å². The van der Waals surface area contributed by atoms with Gasteiger partial charge in [-0.15, -0.1) is 0 Å². The van der Waals surface area contributed by atoms with Crippen molar-refractivity contribution in [2.45, 2.75) is 46.1 Å². The number of rotatable bonds is 6. The molecule has 1 aliphatic rings. The van der Waals surface area contributed by atoms with Gasteiger partial charge >= 0.3 is 5.97 Å². The summed E-state index contributed by atoms with van der Waals surface area (Å²) in [7, 11) is -1.11. The molecular weight excluding hydrogens is 255 g/mol. The van der Waals surface area contributed by atoms with E-state index in [1.165, 1.54) is 6.08 Å². The Balaban J connectivity index is 2.80. The van der Waals surface area contributed by atoms with E-state index in [0.717, 1.165) is 0 Å². The molecule has 0 bridgehead atoms. The van der Waals surface area contributed by atoms with E-state index in [-0.39, 0.29) is 5.66 Å². The predicted molar refractivity (Wildman–Crippen MR) is 69.0 cm³/mol. The third kappa shape index (κ3) is 4.23. The van der Waals surface area contributed by atoms with Crippen molar-refractivity contribution >= 4 is 14.3 Å². The summed E-state index contributed by atoms with van der Waals surface area (Å²) in [5.41, 5.74) is -0.105. The fourth-order valence-electron chi connectivity index (χ4n) is 1.55. The zero-order chi connectivity index (χ0) is 13.8. The molecule has 18 heavy (non-hydrogen) atoms. The van der Waals surface area contributed by atoms with Gasteiger partial charge in [-0.1, -0.05) is 0 Å². The second-order valence-corrected chi connectivity index (χ2v) is 6.13. The average Bonchev–Trinajstić information content (AvgIpc) is 2.25. The van der Waals surface area contributed by atoms with E-state index in [9.17, 15) is 4.79 Å². The van der Waals surface area contributed by atoms with Crippen LogP contribution in [-0.2, 0) is 23.3 Å². The lowest BCUT2D eigenvalue weighted by atomic mass is 10.3. The highest BCUT2D eigenvalue weighted by molar-refractivity contribution is 7.48. The maximum atomic E-state index is 11.5. The molecule has 1 unspecified atom stereocenters. The van der Waals surface area contributed by atoms with Gasteiger partial charge in [0, 0.05) is 13.8 Å². The molecule has 0 radical (unpaired) electrons. The van der Waals surface area contributed by atoms with Gasteiger partial charge in [-0.3, -0.25) is 0 Å². The highest BCUT2D eigenvalue weighted by Crippen LogP contribution is 2.48. The Labute approximate surface area is 109 Å². The Morgan fingerprint density at radius 2 is 1.83 bits per heavy atom. The second-order valence-electron chi connectivity index (χ2n) is 4.27. The minimum atomic E-state index is -1.11. The quantitative estimate of drug-likeness (QED) is 0.551. The Morgan fingerprint density at radius 1 is 1.28 bits per heavy atom. The zero-order valence-electron chi connectivity index (χ0n) is 11.6. The number of hydrogen-bond donors (Lipinski definition) is 0. The van der Waals surface area contributed by atoms with Gasteiger partial charge in [-0.25, -0.2) is 4.79 Å². The second kappa shape index (κ2) is 6.50. The normalized spacial score (nSPS) is 20.1. The first-order valence-electron chi connectivity index (χ1n) is 6.08. The van der Waals surface area contributed by atoms with Crippen molar-refractivity contribution in [3.05, 3.63) is 11.8 Å². The third-order valence-electron chi connectivity index (χ3n) is 2.21. The van der Waals surface area contributed by atoms with Crippen LogP contribution >= 0.6 is 8.38 Å². The standard InChI is InChI=1S/C12H21O5P/c1-6-14-18(15-7-2)9(3)10-8-11(13)17-12(4,5)16-10/h8-9H,6-7H2,1-5H3. The molecule has 0 saturated heterocycles. The predicted octanol–water partition coefficient (Wildman–Crippen LogP) is 2.95. The van der Waals surface area contributed by atoms with Crippen LogP contribution in [0.5, 0.6) is 0 Å². The van der Waals surface area contributed by atoms with Crippen LogP contribution < -0.4 is 0 Å². The maximum absolute atomic E-state index is 11.5. The van der Waals surface area contributed by atoms with Gasteiger partial charge in [0.25, 0.3) is 0 Å². The van der Waals surface area contributed by atoms with E-state index in [4.69, 9.17) is 18.5 Å². The van der Waals surface area contributed by atoms with Crippen molar-refractivity contribution in [2.75, 3.05) is 13.2 Å². The van der Waals surface area contributed by atoms with Crippen molar-refractivity contribution in [3.63, 3.8) is 0 Å². The number of ether oxygens (including phenoxy) is 2. The van der Waals surface area contributed by atoms with Crippen LogP contribution in [-0.4, -0.2) is 30.6 Å². The molecule has 0 aromatic heterocycles. The zero-order valence-corrected chi connectivity index (χ0v) is 12.5. The first-order chi connectivity index (χ1) is 8.39. The largest absolute Gasteiger partial charge is 0.456 e. The number of carbonyl (C=O) groups is 1. The molecule has 0 amide bonds. The maximum Gasteiger partial charge on any atom is 0.337 e. The lowest BCUT2D eigenvalue weighted by Crippen LogP contribution is -2.36. The molecule has 0 aliphatic carbocycles. The van der Waals surface area contributed by atoms with Crippen molar-refractivity contribution in [2.24, 2.45) is 0 Å². The van der Waals surface area contributed by atoms with Gasteiger partial charge in [0.15, 0.2) is 8.38 Å². The molecule has 0 aromatic rings.